The number of nitrogens with one attached hydrogen (secondary N) is 1. The first-order valence-corrected chi connectivity index (χ1v) is 6.76. The number of piperidine rings is 1. The van der Waals surface area contributed by atoms with E-state index in [9.17, 15) is 5.11 Å². The first-order chi connectivity index (χ1) is 10.1. The van der Waals surface area contributed by atoms with Gasteiger partial charge in [0, 0.05) is 25.5 Å². The summed E-state index contributed by atoms with van der Waals surface area (Å²) in [6, 6.07) is 0. The third-order valence-electron chi connectivity index (χ3n) is 3.60. The zero-order valence-corrected chi connectivity index (χ0v) is 11.8. The van der Waals surface area contributed by atoms with Gasteiger partial charge in [-0.2, -0.15) is 15.0 Å². The van der Waals surface area contributed by atoms with Crippen LogP contribution in [0.2, 0.25) is 0 Å². The first kappa shape index (κ1) is 13.7. The predicted molar refractivity (Wildman–Crippen MR) is 76.8 cm³/mol. The second kappa shape index (κ2) is 5.26. The minimum Gasteiger partial charge on any atom is -0.390 e. The van der Waals surface area contributed by atoms with Crippen molar-refractivity contribution in [3.05, 3.63) is 18.7 Å². The average Bonchev–Trinajstić information content (AvgIpc) is 3.01. The molecular weight excluding hydrogens is 272 g/mol. The van der Waals surface area contributed by atoms with Gasteiger partial charge in [-0.1, -0.05) is 0 Å². The van der Waals surface area contributed by atoms with E-state index in [2.05, 4.69) is 25.4 Å². The van der Waals surface area contributed by atoms with Crippen LogP contribution in [0.5, 0.6) is 0 Å². The van der Waals surface area contributed by atoms with E-state index in [1.54, 1.807) is 23.3 Å². The third kappa shape index (κ3) is 2.93. The van der Waals surface area contributed by atoms with Crippen LogP contribution in [0.25, 0.3) is 5.95 Å². The van der Waals surface area contributed by atoms with Crippen LogP contribution >= 0.6 is 0 Å². The number of aromatic nitrogens is 5. The number of hydrogen-bond donors (Lipinski definition) is 3. The van der Waals surface area contributed by atoms with Gasteiger partial charge in [-0.05, 0) is 19.8 Å². The van der Waals surface area contributed by atoms with Crippen LogP contribution in [0, 0.1) is 0 Å². The normalized spacial score (nSPS) is 17.8. The molecule has 1 fully saturated rings. The van der Waals surface area contributed by atoms with E-state index in [0.29, 0.717) is 43.8 Å². The van der Waals surface area contributed by atoms with Gasteiger partial charge in [-0.15, -0.1) is 0 Å². The molecule has 9 nitrogen and oxygen atoms in total. The molecular formula is C12H18N8O. The van der Waals surface area contributed by atoms with E-state index in [1.165, 1.54) is 0 Å². The minimum absolute atomic E-state index is 0.293. The average molecular weight is 290 g/mol. The van der Waals surface area contributed by atoms with Crippen molar-refractivity contribution < 1.29 is 5.11 Å². The van der Waals surface area contributed by atoms with Gasteiger partial charge in [0.2, 0.25) is 17.8 Å². The lowest BCUT2D eigenvalue weighted by atomic mass is 9.94. The molecule has 0 amide bonds. The van der Waals surface area contributed by atoms with E-state index >= 15 is 0 Å². The number of aliphatic hydroxyl groups is 1. The Morgan fingerprint density at radius 2 is 1.95 bits per heavy atom. The van der Waals surface area contributed by atoms with Crippen LogP contribution in [-0.4, -0.2) is 48.3 Å². The molecule has 112 valence electrons. The Balaban J connectivity index is 1.90. The Morgan fingerprint density at radius 1 is 1.24 bits per heavy atom. The van der Waals surface area contributed by atoms with E-state index in [1.807, 2.05) is 11.8 Å². The summed E-state index contributed by atoms with van der Waals surface area (Å²) in [5, 5.41) is 10.0. The topological polar surface area (TPSA) is 118 Å². The third-order valence-corrected chi connectivity index (χ3v) is 3.60. The van der Waals surface area contributed by atoms with Crippen LogP contribution in [0.3, 0.4) is 0 Å². The highest BCUT2D eigenvalue weighted by molar-refractivity contribution is 5.40. The Hall–Kier alpha value is -2.26. The fourth-order valence-electron chi connectivity index (χ4n) is 2.24. The van der Waals surface area contributed by atoms with E-state index in [0.717, 1.165) is 0 Å². The number of imidazole rings is 1. The maximum atomic E-state index is 10.0. The highest BCUT2D eigenvalue weighted by Crippen LogP contribution is 2.24. The molecule has 9 heteroatoms. The molecule has 0 atom stereocenters. The van der Waals surface area contributed by atoms with Gasteiger partial charge in [0.25, 0.3) is 0 Å². The standard InChI is InChI=1S/C12H18N8O/c1-12(21)2-5-19(6-3-12)10-15-9(18-13)16-11(17-10)20-7-4-14-8-20/h4,7-8,21H,2-3,5-6,13H2,1H3,(H,15,16,17,18). The molecule has 21 heavy (non-hydrogen) atoms. The summed E-state index contributed by atoms with van der Waals surface area (Å²) < 4.78 is 1.69. The van der Waals surface area contributed by atoms with Crippen LogP contribution in [0.4, 0.5) is 11.9 Å². The zero-order chi connectivity index (χ0) is 14.9. The van der Waals surface area contributed by atoms with E-state index < -0.39 is 5.60 Å². The SMILES string of the molecule is CC1(O)CCN(c2nc(NN)nc(-n3ccnc3)n2)CC1. The second-order valence-corrected chi connectivity index (χ2v) is 5.36. The van der Waals surface area contributed by atoms with E-state index in [-0.39, 0.29) is 0 Å². The van der Waals surface area contributed by atoms with Gasteiger partial charge in [-0.25, -0.2) is 10.8 Å². The fraction of sp³-hybridized carbons (Fsp3) is 0.500. The maximum Gasteiger partial charge on any atom is 0.243 e. The summed E-state index contributed by atoms with van der Waals surface area (Å²) in [6.45, 7) is 3.22. The van der Waals surface area contributed by atoms with Crippen LogP contribution in [0.1, 0.15) is 19.8 Å². The van der Waals surface area contributed by atoms with Gasteiger partial charge in [0.1, 0.15) is 6.33 Å². The van der Waals surface area contributed by atoms with Gasteiger partial charge < -0.3 is 10.0 Å². The Kier molecular flexibility index (Phi) is 3.43. The van der Waals surface area contributed by atoms with Gasteiger partial charge >= 0.3 is 0 Å². The smallest absolute Gasteiger partial charge is 0.243 e. The number of hydrogen-bond acceptors (Lipinski definition) is 8. The quantitative estimate of drug-likeness (QED) is 0.520. The molecule has 2 aromatic heterocycles. The Morgan fingerprint density at radius 3 is 2.57 bits per heavy atom. The summed E-state index contributed by atoms with van der Waals surface area (Å²) in [5.41, 5.74) is 1.83. The van der Waals surface area contributed by atoms with Gasteiger partial charge in [0.15, 0.2) is 0 Å². The first-order valence-electron chi connectivity index (χ1n) is 6.76. The van der Waals surface area contributed by atoms with Crippen molar-refractivity contribution in [2.24, 2.45) is 5.84 Å². The summed E-state index contributed by atoms with van der Waals surface area (Å²) in [5.74, 6) is 6.71. The molecule has 0 spiro atoms. The summed E-state index contributed by atoms with van der Waals surface area (Å²) in [4.78, 5) is 18.9. The Labute approximate surface area is 121 Å². The van der Waals surface area contributed by atoms with Crippen molar-refractivity contribution in [2.45, 2.75) is 25.4 Å². The van der Waals surface area contributed by atoms with Crippen LogP contribution in [-0.2, 0) is 0 Å². The van der Waals surface area contributed by atoms with Crippen molar-refractivity contribution in [1.29, 1.82) is 0 Å². The number of nitrogen functional groups attached to an aromatic ring is 1. The van der Waals surface area contributed by atoms with Crippen molar-refractivity contribution in [3.8, 4) is 5.95 Å². The predicted octanol–water partition coefficient (Wildman–Crippen LogP) is -0.306. The summed E-state index contributed by atoms with van der Waals surface area (Å²) >= 11 is 0. The molecule has 1 aliphatic heterocycles. The molecule has 0 bridgehead atoms. The number of hydrazine groups is 1. The molecule has 3 heterocycles. The minimum atomic E-state index is -0.619. The number of nitrogens with two attached hydrogens (primary N) is 1. The number of nitrogens with zero attached hydrogens (tertiary/aromatic N) is 6. The molecule has 4 N–H and O–H groups in total. The van der Waals surface area contributed by atoms with Crippen LogP contribution in [0.15, 0.2) is 18.7 Å². The number of rotatable bonds is 3. The number of anilines is 2. The van der Waals surface area contributed by atoms with Crippen molar-refractivity contribution >= 4 is 11.9 Å². The summed E-state index contributed by atoms with van der Waals surface area (Å²) in [6.07, 6.45) is 6.35. The lowest BCUT2D eigenvalue weighted by Crippen LogP contribution is -2.43. The second-order valence-electron chi connectivity index (χ2n) is 5.36. The monoisotopic (exact) mass is 290 g/mol. The van der Waals surface area contributed by atoms with Crippen molar-refractivity contribution in [2.75, 3.05) is 23.4 Å². The van der Waals surface area contributed by atoms with Gasteiger partial charge in [0.05, 0.1) is 5.60 Å². The van der Waals surface area contributed by atoms with Crippen molar-refractivity contribution in [1.82, 2.24) is 24.5 Å². The van der Waals surface area contributed by atoms with E-state index in [4.69, 9.17) is 5.84 Å². The van der Waals surface area contributed by atoms with Crippen LogP contribution < -0.4 is 16.2 Å². The summed E-state index contributed by atoms with van der Waals surface area (Å²) in [7, 11) is 0. The molecule has 1 aliphatic rings. The Bertz CT molecular complexity index is 602. The van der Waals surface area contributed by atoms with Gasteiger partial charge in [-0.3, -0.25) is 9.99 Å². The zero-order valence-electron chi connectivity index (χ0n) is 11.8. The molecule has 0 saturated carbocycles. The highest BCUT2D eigenvalue weighted by atomic mass is 16.3. The lowest BCUT2D eigenvalue weighted by molar-refractivity contribution is 0.0349. The molecule has 2 aromatic rings. The highest BCUT2D eigenvalue weighted by Gasteiger charge is 2.29. The van der Waals surface area contributed by atoms with Crippen molar-refractivity contribution in [3.63, 3.8) is 0 Å². The molecule has 0 aliphatic carbocycles. The molecule has 0 unspecified atom stereocenters. The molecule has 1 saturated heterocycles. The largest absolute Gasteiger partial charge is 0.390 e. The fourth-order valence-corrected chi connectivity index (χ4v) is 2.24. The maximum absolute atomic E-state index is 10.0. The molecule has 3 rings (SSSR count). The molecule has 0 radical (unpaired) electrons. The molecule has 0 aromatic carbocycles. The lowest BCUT2D eigenvalue weighted by Gasteiger charge is -2.35.